The van der Waals surface area contributed by atoms with Crippen LogP contribution in [0.25, 0.3) is 0 Å². The Morgan fingerprint density at radius 1 is 1.32 bits per heavy atom. The molecule has 19 heavy (non-hydrogen) atoms. The number of halogens is 4. The second-order valence-electron chi connectivity index (χ2n) is 5.27. The van der Waals surface area contributed by atoms with Gasteiger partial charge in [0.1, 0.15) is 5.60 Å². The van der Waals surface area contributed by atoms with E-state index in [0.717, 1.165) is 6.07 Å². The Morgan fingerprint density at radius 3 is 2.37 bits per heavy atom. The molecule has 0 aliphatic carbocycles. The molecule has 1 aliphatic rings. The Balaban J connectivity index is 2.29. The largest absolute Gasteiger partial charge is 0.418 e. The van der Waals surface area contributed by atoms with Crippen LogP contribution in [-0.2, 0) is 6.18 Å². The zero-order chi connectivity index (χ0) is 14.4. The van der Waals surface area contributed by atoms with E-state index in [0.29, 0.717) is 4.47 Å². The van der Waals surface area contributed by atoms with Crippen molar-refractivity contribution in [2.24, 2.45) is 5.92 Å². The maximum absolute atomic E-state index is 12.9. The van der Waals surface area contributed by atoms with Crippen LogP contribution in [0, 0.1) is 5.92 Å². The maximum atomic E-state index is 12.9. The van der Waals surface area contributed by atoms with Crippen LogP contribution in [0.15, 0.2) is 22.7 Å². The fourth-order valence-electron chi connectivity index (χ4n) is 2.16. The molecule has 0 atom stereocenters. The van der Waals surface area contributed by atoms with Crippen molar-refractivity contribution < 1.29 is 18.3 Å². The first kappa shape index (κ1) is 14.7. The van der Waals surface area contributed by atoms with Crippen molar-refractivity contribution >= 4 is 21.6 Å². The molecular weight excluding hydrogens is 323 g/mol. The third-order valence-corrected chi connectivity index (χ3v) is 4.10. The first-order chi connectivity index (χ1) is 8.63. The van der Waals surface area contributed by atoms with Crippen LogP contribution >= 0.6 is 15.9 Å². The summed E-state index contributed by atoms with van der Waals surface area (Å²) in [5.41, 5.74) is -1.45. The lowest BCUT2D eigenvalue weighted by Crippen LogP contribution is -2.65. The summed E-state index contributed by atoms with van der Waals surface area (Å²) in [5.74, 6) is 0.0187. The van der Waals surface area contributed by atoms with Gasteiger partial charge in [0, 0.05) is 17.6 Å². The molecule has 0 amide bonds. The Morgan fingerprint density at radius 2 is 1.89 bits per heavy atom. The number of β-amino-alcohol motifs (C(OH)–C–C–N with tert-alkyl or cyclic N) is 1. The van der Waals surface area contributed by atoms with Gasteiger partial charge in [0.05, 0.1) is 11.3 Å². The Labute approximate surface area is 118 Å². The lowest BCUT2D eigenvalue weighted by Gasteiger charge is -2.50. The van der Waals surface area contributed by atoms with Crippen molar-refractivity contribution in [3.05, 3.63) is 28.2 Å². The maximum Gasteiger partial charge on any atom is 0.418 e. The zero-order valence-corrected chi connectivity index (χ0v) is 12.2. The van der Waals surface area contributed by atoms with Crippen molar-refractivity contribution in [1.82, 2.24) is 0 Å². The summed E-state index contributed by atoms with van der Waals surface area (Å²) in [6.45, 7) is 4.18. The van der Waals surface area contributed by atoms with Gasteiger partial charge in [-0.05, 0) is 24.1 Å². The third kappa shape index (κ3) is 2.74. The molecule has 0 aromatic heterocycles. The van der Waals surface area contributed by atoms with E-state index in [1.165, 1.54) is 12.1 Å². The van der Waals surface area contributed by atoms with Crippen LogP contribution in [-0.4, -0.2) is 23.8 Å². The molecule has 1 saturated heterocycles. The van der Waals surface area contributed by atoms with E-state index < -0.39 is 17.3 Å². The molecule has 0 bridgehead atoms. The molecular formula is C13H15BrF3NO. The molecule has 2 nitrogen and oxygen atoms in total. The number of hydrogen-bond donors (Lipinski definition) is 1. The minimum absolute atomic E-state index is 0.0187. The fraction of sp³-hybridized carbons (Fsp3) is 0.538. The Bertz CT molecular complexity index is 481. The van der Waals surface area contributed by atoms with Gasteiger partial charge in [-0.2, -0.15) is 13.2 Å². The predicted molar refractivity (Wildman–Crippen MR) is 71.1 cm³/mol. The van der Waals surface area contributed by atoms with Gasteiger partial charge in [0.15, 0.2) is 0 Å². The first-order valence-corrected chi connectivity index (χ1v) is 6.77. The number of benzene rings is 1. The van der Waals surface area contributed by atoms with Crippen molar-refractivity contribution in [3.63, 3.8) is 0 Å². The van der Waals surface area contributed by atoms with Crippen molar-refractivity contribution in [1.29, 1.82) is 0 Å². The average molecular weight is 338 g/mol. The van der Waals surface area contributed by atoms with Gasteiger partial charge in [-0.25, -0.2) is 0 Å². The van der Waals surface area contributed by atoms with Gasteiger partial charge >= 0.3 is 6.18 Å². The van der Waals surface area contributed by atoms with Crippen LogP contribution in [0.1, 0.15) is 19.4 Å². The van der Waals surface area contributed by atoms with E-state index in [2.05, 4.69) is 15.9 Å². The number of rotatable bonds is 2. The summed E-state index contributed by atoms with van der Waals surface area (Å²) in [6.07, 6.45) is -4.39. The predicted octanol–water partition coefficient (Wildman–Crippen LogP) is 3.68. The number of hydrogen-bond acceptors (Lipinski definition) is 2. The summed E-state index contributed by atoms with van der Waals surface area (Å²) in [6, 6.07) is 3.88. The van der Waals surface area contributed by atoms with Crippen LogP contribution in [0.3, 0.4) is 0 Å². The van der Waals surface area contributed by atoms with E-state index in [9.17, 15) is 18.3 Å². The highest BCUT2D eigenvalue weighted by Gasteiger charge is 2.46. The lowest BCUT2D eigenvalue weighted by molar-refractivity contribution is -0.137. The topological polar surface area (TPSA) is 23.5 Å². The second-order valence-corrected chi connectivity index (χ2v) is 6.19. The minimum Gasteiger partial charge on any atom is -0.386 e. The SMILES string of the molecule is CC(C)C1(O)CN(c2cc(Br)ccc2C(F)(F)F)C1. The number of aliphatic hydroxyl groups is 1. The summed E-state index contributed by atoms with van der Waals surface area (Å²) in [7, 11) is 0. The summed E-state index contributed by atoms with van der Waals surface area (Å²) >= 11 is 3.19. The first-order valence-electron chi connectivity index (χ1n) is 5.97. The van der Waals surface area contributed by atoms with E-state index in [-0.39, 0.29) is 24.7 Å². The molecule has 0 saturated carbocycles. The van der Waals surface area contributed by atoms with Crippen LogP contribution in [0.2, 0.25) is 0 Å². The lowest BCUT2D eigenvalue weighted by atomic mass is 9.82. The van der Waals surface area contributed by atoms with Crippen molar-refractivity contribution in [3.8, 4) is 0 Å². The van der Waals surface area contributed by atoms with Crippen molar-refractivity contribution in [2.75, 3.05) is 18.0 Å². The molecule has 1 aliphatic heterocycles. The molecule has 106 valence electrons. The Hall–Kier alpha value is -0.750. The monoisotopic (exact) mass is 337 g/mol. The molecule has 0 unspecified atom stereocenters. The summed E-state index contributed by atoms with van der Waals surface area (Å²) < 4.78 is 39.4. The van der Waals surface area contributed by atoms with E-state index in [4.69, 9.17) is 0 Å². The highest BCUT2D eigenvalue weighted by molar-refractivity contribution is 9.10. The smallest absolute Gasteiger partial charge is 0.386 e. The molecule has 1 aromatic rings. The van der Waals surface area contributed by atoms with E-state index in [1.807, 2.05) is 13.8 Å². The van der Waals surface area contributed by atoms with E-state index >= 15 is 0 Å². The van der Waals surface area contributed by atoms with Gasteiger partial charge in [-0.3, -0.25) is 0 Å². The van der Waals surface area contributed by atoms with Gasteiger partial charge in [0.25, 0.3) is 0 Å². The van der Waals surface area contributed by atoms with Gasteiger partial charge in [-0.15, -0.1) is 0 Å². The van der Waals surface area contributed by atoms with Crippen LogP contribution in [0.5, 0.6) is 0 Å². The Kier molecular flexibility index (Phi) is 3.60. The van der Waals surface area contributed by atoms with Crippen molar-refractivity contribution in [2.45, 2.75) is 25.6 Å². The molecule has 0 spiro atoms. The standard InChI is InChI=1S/C13H15BrF3NO/c1-8(2)12(19)6-18(7-12)11-5-9(14)3-4-10(11)13(15,16)17/h3-5,8,19H,6-7H2,1-2H3. The molecule has 6 heteroatoms. The van der Waals surface area contributed by atoms with Gasteiger partial charge < -0.3 is 10.0 Å². The minimum atomic E-state index is -4.39. The fourth-order valence-corrected chi connectivity index (χ4v) is 2.51. The molecule has 1 N–H and O–H groups in total. The number of nitrogens with zero attached hydrogens (tertiary/aromatic N) is 1. The van der Waals surface area contributed by atoms with E-state index in [1.54, 1.807) is 4.90 Å². The van der Waals surface area contributed by atoms with Crippen LogP contribution in [0.4, 0.5) is 18.9 Å². The van der Waals surface area contributed by atoms with Gasteiger partial charge in [-0.1, -0.05) is 29.8 Å². The number of alkyl halides is 3. The second kappa shape index (κ2) is 4.66. The summed E-state index contributed by atoms with van der Waals surface area (Å²) in [4.78, 5) is 1.56. The summed E-state index contributed by atoms with van der Waals surface area (Å²) in [5, 5.41) is 10.1. The number of anilines is 1. The molecule has 1 aromatic carbocycles. The van der Waals surface area contributed by atoms with Crippen LogP contribution < -0.4 is 4.90 Å². The molecule has 1 fully saturated rings. The molecule has 2 rings (SSSR count). The average Bonchev–Trinajstić information content (AvgIpc) is 2.22. The highest BCUT2D eigenvalue weighted by Crippen LogP contribution is 2.42. The normalized spacial score (nSPS) is 18.6. The molecule has 0 radical (unpaired) electrons. The highest BCUT2D eigenvalue weighted by atomic mass is 79.9. The molecule has 1 heterocycles. The quantitative estimate of drug-likeness (QED) is 0.889. The third-order valence-electron chi connectivity index (χ3n) is 3.61. The van der Waals surface area contributed by atoms with Gasteiger partial charge in [0.2, 0.25) is 0 Å². The zero-order valence-electron chi connectivity index (χ0n) is 10.6.